The Morgan fingerprint density at radius 3 is 2.50 bits per heavy atom. The maximum Gasteiger partial charge on any atom is 0.100 e. The zero-order chi connectivity index (χ0) is 9.97. The van der Waals surface area contributed by atoms with Gasteiger partial charge in [0.15, 0.2) is 0 Å². The fraction of sp³-hybridized carbons (Fsp3) is 0.500. The van der Waals surface area contributed by atoms with Gasteiger partial charge in [-0.2, -0.15) is 0 Å². The molecule has 1 aromatic rings. The van der Waals surface area contributed by atoms with Crippen LogP contribution >= 0.6 is 15.9 Å². The quantitative estimate of drug-likeness (QED) is 0.697. The molecule has 0 aromatic heterocycles. The molecule has 0 atom stereocenters. The lowest BCUT2D eigenvalue weighted by molar-refractivity contribution is 0.235. The first-order valence-corrected chi connectivity index (χ1v) is 5.94. The van der Waals surface area contributed by atoms with Gasteiger partial charge in [0.05, 0.1) is 0 Å². The lowest BCUT2D eigenvalue weighted by Crippen LogP contribution is -2.13. The predicted octanol–water partition coefficient (Wildman–Crippen LogP) is 4.44. The molecule has 0 unspecified atom stereocenters. The van der Waals surface area contributed by atoms with E-state index in [4.69, 9.17) is 0 Å². The molecule has 1 aliphatic carbocycles. The summed E-state index contributed by atoms with van der Waals surface area (Å²) in [4.78, 5) is 0. The fourth-order valence-electron chi connectivity index (χ4n) is 2.15. The van der Waals surface area contributed by atoms with E-state index in [1.165, 1.54) is 5.56 Å². The van der Waals surface area contributed by atoms with Crippen molar-refractivity contribution in [2.24, 2.45) is 0 Å². The Hall–Kier alpha value is -0.370. The summed E-state index contributed by atoms with van der Waals surface area (Å²) >= 11 is 3.47. The second-order valence-corrected chi connectivity index (χ2v) is 4.92. The van der Waals surface area contributed by atoms with E-state index in [1.54, 1.807) is 0 Å². The number of halogens is 2. The molecule has 0 aliphatic heterocycles. The first kappa shape index (κ1) is 10.2. The molecule has 1 saturated carbocycles. The minimum Gasteiger partial charge on any atom is -0.247 e. The highest BCUT2D eigenvalue weighted by atomic mass is 79.9. The Bertz CT molecular complexity index is 303. The highest BCUT2D eigenvalue weighted by molar-refractivity contribution is 9.10. The van der Waals surface area contributed by atoms with Crippen LogP contribution in [0, 0.1) is 0 Å². The molecule has 1 aromatic carbocycles. The van der Waals surface area contributed by atoms with Crippen molar-refractivity contribution in [2.75, 3.05) is 0 Å². The molecule has 2 heteroatoms. The number of rotatable bonds is 1. The summed E-state index contributed by atoms with van der Waals surface area (Å²) in [6, 6.07) is 8.39. The zero-order valence-corrected chi connectivity index (χ0v) is 9.63. The van der Waals surface area contributed by atoms with Crippen molar-refractivity contribution < 1.29 is 4.39 Å². The van der Waals surface area contributed by atoms with E-state index in [2.05, 4.69) is 34.1 Å². The summed E-state index contributed by atoms with van der Waals surface area (Å²) in [5.41, 5.74) is 1.35. The highest BCUT2D eigenvalue weighted by Crippen LogP contribution is 2.34. The maximum absolute atomic E-state index is 12.9. The smallest absolute Gasteiger partial charge is 0.100 e. The van der Waals surface area contributed by atoms with Crippen LogP contribution in [0.2, 0.25) is 0 Å². The molecule has 0 heterocycles. The predicted molar refractivity (Wildman–Crippen MR) is 60.2 cm³/mol. The molecule has 0 spiro atoms. The average Bonchev–Trinajstić information content (AvgIpc) is 2.19. The average molecular weight is 257 g/mol. The van der Waals surface area contributed by atoms with Crippen molar-refractivity contribution >= 4 is 15.9 Å². The van der Waals surface area contributed by atoms with Gasteiger partial charge < -0.3 is 0 Å². The van der Waals surface area contributed by atoms with Crippen molar-refractivity contribution in [3.8, 4) is 0 Å². The van der Waals surface area contributed by atoms with E-state index in [-0.39, 0.29) is 0 Å². The summed E-state index contributed by atoms with van der Waals surface area (Å²) in [7, 11) is 0. The maximum atomic E-state index is 12.9. The van der Waals surface area contributed by atoms with Crippen LogP contribution in [-0.4, -0.2) is 6.17 Å². The molecule has 0 nitrogen and oxygen atoms in total. The van der Waals surface area contributed by atoms with E-state index >= 15 is 0 Å². The van der Waals surface area contributed by atoms with E-state index < -0.39 is 6.17 Å². The molecule has 1 fully saturated rings. The van der Waals surface area contributed by atoms with Crippen LogP contribution in [-0.2, 0) is 0 Å². The van der Waals surface area contributed by atoms with Gasteiger partial charge >= 0.3 is 0 Å². The largest absolute Gasteiger partial charge is 0.247 e. The molecular formula is C12H14BrF. The van der Waals surface area contributed by atoms with E-state index in [1.807, 2.05) is 6.07 Å². The zero-order valence-electron chi connectivity index (χ0n) is 8.05. The Labute approximate surface area is 92.6 Å². The molecule has 2 rings (SSSR count). The number of benzene rings is 1. The monoisotopic (exact) mass is 256 g/mol. The van der Waals surface area contributed by atoms with Crippen LogP contribution in [0.5, 0.6) is 0 Å². The molecule has 76 valence electrons. The Balaban J connectivity index is 2.08. The van der Waals surface area contributed by atoms with E-state index in [0.717, 1.165) is 30.2 Å². The minimum absolute atomic E-state index is 0.557. The summed E-state index contributed by atoms with van der Waals surface area (Å²) < 4.78 is 14.1. The Morgan fingerprint density at radius 1 is 1.14 bits per heavy atom. The highest BCUT2D eigenvalue weighted by Gasteiger charge is 2.21. The van der Waals surface area contributed by atoms with Crippen LogP contribution in [0.1, 0.15) is 37.2 Å². The van der Waals surface area contributed by atoms with Gasteiger partial charge in [-0.3, -0.25) is 0 Å². The number of hydrogen-bond acceptors (Lipinski definition) is 0. The first-order valence-electron chi connectivity index (χ1n) is 5.15. The summed E-state index contributed by atoms with van der Waals surface area (Å²) in [5, 5.41) is 0. The lowest BCUT2D eigenvalue weighted by Gasteiger charge is -2.24. The van der Waals surface area contributed by atoms with Crippen molar-refractivity contribution in [1.29, 1.82) is 0 Å². The molecule has 14 heavy (non-hydrogen) atoms. The summed E-state index contributed by atoms with van der Waals surface area (Å²) in [6.07, 6.45) is 2.90. The van der Waals surface area contributed by atoms with Gasteiger partial charge in [0.25, 0.3) is 0 Å². The SMILES string of the molecule is FC1CCC(c2cccc(Br)c2)CC1. The van der Waals surface area contributed by atoms with Crippen LogP contribution in [0.15, 0.2) is 28.7 Å². The van der Waals surface area contributed by atoms with Crippen LogP contribution in [0.3, 0.4) is 0 Å². The topological polar surface area (TPSA) is 0 Å². The van der Waals surface area contributed by atoms with E-state index in [9.17, 15) is 4.39 Å². The molecule has 0 saturated heterocycles. The van der Waals surface area contributed by atoms with Gasteiger partial charge in [-0.25, -0.2) is 4.39 Å². The second-order valence-electron chi connectivity index (χ2n) is 4.00. The van der Waals surface area contributed by atoms with Gasteiger partial charge in [0, 0.05) is 4.47 Å². The second kappa shape index (κ2) is 4.43. The molecule has 0 N–H and O–H groups in total. The number of hydrogen-bond donors (Lipinski definition) is 0. The standard InChI is InChI=1S/C12H14BrF/c13-11-3-1-2-10(8-11)9-4-6-12(14)7-5-9/h1-3,8-9,12H,4-7H2. The van der Waals surface area contributed by atoms with Gasteiger partial charge in [-0.05, 0) is 49.3 Å². The third kappa shape index (κ3) is 2.35. The Kier molecular flexibility index (Phi) is 3.22. The Morgan fingerprint density at radius 2 is 1.86 bits per heavy atom. The summed E-state index contributed by atoms with van der Waals surface area (Å²) in [6.45, 7) is 0. The third-order valence-electron chi connectivity index (χ3n) is 2.98. The fourth-order valence-corrected chi connectivity index (χ4v) is 2.56. The molecule has 0 bridgehead atoms. The van der Waals surface area contributed by atoms with Crippen molar-refractivity contribution in [3.63, 3.8) is 0 Å². The third-order valence-corrected chi connectivity index (χ3v) is 3.47. The van der Waals surface area contributed by atoms with Crippen molar-refractivity contribution in [1.82, 2.24) is 0 Å². The first-order chi connectivity index (χ1) is 6.75. The van der Waals surface area contributed by atoms with Crippen LogP contribution < -0.4 is 0 Å². The minimum atomic E-state index is -0.557. The molecule has 0 radical (unpaired) electrons. The van der Waals surface area contributed by atoms with Gasteiger partial charge in [0.2, 0.25) is 0 Å². The molecule has 0 amide bonds. The lowest BCUT2D eigenvalue weighted by atomic mass is 9.83. The number of alkyl halides is 1. The molecular weight excluding hydrogens is 243 g/mol. The van der Waals surface area contributed by atoms with Gasteiger partial charge in [-0.1, -0.05) is 28.1 Å². The van der Waals surface area contributed by atoms with Crippen LogP contribution in [0.4, 0.5) is 4.39 Å². The van der Waals surface area contributed by atoms with Crippen molar-refractivity contribution in [2.45, 2.75) is 37.8 Å². The molecule has 1 aliphatic rings. The van der Waals surface area contributed by atoms with Gasteiger partial charge in [0.1, 0.15) is 6.17 Å². The van der Waals surface area contributed by atoms with Crippen molar-refractivity contribution in [3.05, 3.63) is 34.3 Å². The van der Waals surface area contributed by atoms with Crippen LogP contribution in [0.25, 0.3) is 0 Å². The van der Waals surface area contributed by atoms with E-state index in [0.29, 0.717) is 5.92 Å². The van der Waals surface area contributed by atoms with Gasteiger partial charge in [-0.15, -0.1) is 0 Å². The summed E-state index contributed by atoms with van der Waals surface area (Å²) in [5.74, 6) is 0.569. The normalized spacial score (nSPS) is 27.6.